The molecular formula is C19H22N4O2S. The molecule has 1 saturated heterocycles. The van der Waals surface area contributed by atoms with Gasteiger partial charge in [-0.05, 0) is 19.9 Å². The summed E-state index contributed by atoms with van der Waals surface area (Å²) in [4.78, 5) is 22.3. The highest BCUT2D eigenvalue weighted by Crippen LogP contribution is 2.30. The number of aromatic nitrogens is 2. The number of nitrogens with one attached hydrogen (secondary N) is 2. The molecule has 1 fully saturated rings. The second-order valence-electron chi connectivity index (χ2n) is 6.79. The number of ether oxygens (including phenoxy) is 1. The van der Waals surface area contributed by atoms with Gasteiger partial charge in [0, 0.05) is 41.1 Å². The van der Waals surface area contributed by atoms with Crippen LogP contribution in [-0.4, -0.2) is 52.6 Å². The van der Waals surface area contributed by atoms with Gasteiger partial charge in [0.25, 0.3) is 0 Å². The van der Waals surface area contributed by atoms with Gasteiger partial charge < -0.3 is 15.0 Å². The minimum atomic E-state index is -0.0360. The summed E-state index contributed by atoms with van der Waals surface area (Å²) in [6.45, 7) is 5.98. The summed E-state index contributed by atoms with van der Waals surface area (Å²) in [6.07, 6.45) is 2.27. The third kappa shape index (κ3) is 3.65. The monoisotopic (exact) mass is 370 g/mol. The van der Waals surface area contributed by atoms with Crippen LogP contribution in [0.4, 0.5) is 5.13 Å². The van der Waals surface area contributed by atoms with Crippen molar-refractivity contribution in [1.82, 2.24) is 14.9 Å². The molecule has 0 radical (unpaired) electrons. The highest BCUT2D eigenvalue weighted by Gasteiger charge is 2.24. The zero-order valence-corrected chi connectivity index (χ0v) is 15.7. The number of aromatic amines is 1. The number of rotatable bonds is 4. The molecule has 2 aromatic heterocycles. The summed E-state index contributed by atoms with van der Waals surface area (Å²) in [5.41, 5.74) is 3.00. The van der Waals surface area contributed by atoms with E-state index in [0.717, 1.165) is 35.2 Å². The Morgan fingerprint density at radius 1 is 1.35 bits per heavy atom. The van der Waals surface area contributed by atoms with Crippen LogP contribution in [0.15, 0.2) is 35.8 Å². The molecule has 26 heavy (non-hydrogen) atoms. The number of hydrogen-bond donors (Lipinski definition) is 2. The molecule has 1 aliphatic rings. The van der Waals surface area contributed by atoms with Crippen molar-refractivity contribution in [3.8, 4) is 11.3 Å². The maximum absolute atomic E-state index is 12.4. The molecule has 0 bridgehead atoms. The Morgan fingerprint density at radius 3 is 2.92 bits per heavy atom. The summed E-state index contributed by atoms with van der Waals surface area (Å²) >= 11 is 1.45. The van der Waals surface area contributed by atoms with Gasteiger partial charge >= 0.3 is 0 Å². The van der Waals surface area contributed by atoms with Crippen LogP contribution in [0.1, 0.15) is 13.8 Å². The van der Waals surface area contributed by atoms with E-state index in [-0.39, 0.29) is 18.1 Å². The molecule has 6 nitrogen and oxygen atoms in total. The number of morpholine rings is 1. The van der Waals surface area contributed by atoms with Gasteiger partial charge in [-0.25, -0.2) is 4.98 Å². The van der Waals surface area contributed by atoms with Crippen LogP contribution in [0.25, 0.3) is 22.2 Å². The van der Waals surface area contributed by atoms with E-state index >= 15 is 0 Å². The minimum absolute atomic E-state index is 0.0360. The molecule has 2 atom stereocenters. The first-order valence-corrected chi connectivity index (χ1v) is 9.66. The lowest BCUT2D eigenvalue weighted by Gasteiger charge is -2.34. The van der Waals surface area contributed by atoms with Crippen molar-refractivity contribution in [2.75, 3.05) is 25.0 Å². The molecule has 0 unspecified atom stereocenters. The van der Waals surface area contributed by atoms with E-state index in [1.54, 1.807) is 0 Å². The van der Waals surface area contributed by atoms with Gasteiger partial charge in [0.15, 0.2) is 5.13 Å². The molecule has 136 valence electrons. The van der Waals surface area contributed by atoms with Crippen molar-refractivity contribution < 1.29 is 9.53 Å². The largest absolute Gasteiger partial charge is 0.373 e. The average molecular weight is 370 g/mol. The SMILES string of the molecule is C[C@H]1CN(CC(=O)Nc2nc(-c3c[nH]c4ccccc34)cs2)C[C@H](C)O1. The van der Waals surface area contributed by atoms with E-state index in [1.165, 1.54) is 11.3 Å². The first kappa shape index (κ1) is 17.2. The van der Waals surface area contributed by atoms with Crippen LogP contribution in [0.2, 0.25) is 0 Å². The van der Waals surface area contributed by atoms with Gasteiger partial charge in [0.2, 0.25) is 5.91 Å². The van der Waals surface area contributed by atoms with Gasteiger partial charge in [0.05, 0.1) is 24.4 Å². The molecule has 7 heteroatoms. The maximum Gasteiger partial charge on any atom is 0.240 e. The third-order valence-electron chi connectivity index (χ3n) is 4.48. The number of nitrogens with zero attached hydrogens (tertiary/aromatic N) is 2. The van der Waals surface area contributed by atoms with E-state index in [0.29, 0.717) is 11.7 Å². The number of carbonyl (C=O) groups is 1. The molecule has 0 spiro atoms. The normalized spacial score (nSPS) is 21.2. The molecule has 3 heterocycles. The van der Waals surface area contributed by atoms with Crippen molar-refractivity contribution in [3.63, 3.8) is 0 Å². The quantitative estimate of drug-likeness (QED) is 0.739. The Bertz CT molecular complexity index is 909. The molecule has 2 N–H and O–H groups in total. The van der Waals surface area contributed by atoms with E-state index in [1.807, 2.05) is 43.6 Å². The molecule has 1 amide bonds. The number of amides is 1. The first-order chi connectivity index (χ1) is 12.6. The average Bonchev–Trinajstić information content (AvgIpc) is 3.20. The topological polar surface area (TPSA) is 70.2 Å². The summed E-state index contributed by atoms with van der Waals surface area (Å²) < 4.78 is 5.71. The van der Waals surface area contributed by atoms with E-state index in [2.05, 4.69) is 26.3 Å². The zero-order chi connectivity index (χ0) is 18.1. The van der Waals surface area contributed by atoms with Crippen molar-refractivity contribution in [1.29, 1.82) is 0 Å². The number of carbonyl (C=O) groups excluding carboxylic acids is 1. The lowest BCUT2D eigenvalue weighted by Crippen LogP contribution is -2.48. The molecule has 0 saturated carbocycles. The fourth-order valence-corrected chi connectivity index (χ4v) is 4.24. The summed E-state index contributed by atoms with van der Waals surface area (Å²) in [6, 6.07) is 8.12. The summed E-state index contributed by atoms with van der Waals surface area (Å²) in [5.74, 6) is -0.0360. The predicted molar refractivity (Wildman–Crippen MR) is 104 cm³/mol. The van der Waals surface area contributed by atoms with Crippen molar-refractivity contribution in [2.45, 2.75) is 26.1 Å². The van der Waals surface area contributed by atoms with Crippen LogP contribution >= 0.6 is 11.3 Å². The maximum atomic E-state index is 12.4. The van der Waals surface area contributed by atoms with Crippen molar-refractivity contribution in [3.05, 3.63) is 35.8 Å². The molecular weight excluding hydrogens is 348 g/mol. The lowest BCUT2D eigenvalue weighted by molar-refractivity contribution is -0.121. The highest BCUT2D eigenvalue weighted by atomic mass is 32.1. The van der Waals surface area contributed by atoms with Gasteiger partial charge in [-0.2, -0.15) is 0 Å². The van der Waals surface area contributed by atoms with Crippen LogP contribution in [0, 0.1) is 0 Å². The number of benzene rings is 1. The summed E-state index contributed by atoms with van der Waals surface area (Å²) in [7, 11) is 0. The number of hydrogen-bond acceptors (Lipinski definition) is 5. The smallest absolute Gasteiger partial charge is 0.240 e. The Morgan fingerprint density at radius 2 is 2.12 bits per heavy atom. The van der Waals surface area contributed by atoms with E-state index in [9.17, 15) is 4.79 Å². The standard InChI is InChI=1S/C19H22N4O2S/c1-12-8-23(9-13(2)25-12)10-18(24)22-19-21-17(11-26-19)15-7-20-16-6-4-3-5-14(15)16/h3-7,11-13,20H,8-10H2,1-2H3,(H,21,22,24)/t12-,13-/m0/s1. The lowest BCUT2D eigenvalue weighted by atomic mass is 10.1. The van der Waals surface area contributed by atoms with E-state index < -0.39 is 0 Å². The molecule has 3 aromatic rings. The fraction of sp³-hybridized carbons (Fsp3) is 0.368. The van der Waals surface area contributed by atoms with Gasteiger partial charge in [-0.15, -0.1) is 11.3 Å². The minimum Gasteiger partial charge on any atom is -0.373 e. The fourth-order valence-electron chi connectivity index (χ4n) is 3.51. The Balaban J connectivity index is 1.43. The Kier molecular flexibility index (Phi) is 4.76. The molecule has 4 rings (SSSR count). The number of para-hydroxylation sites is 1. The number of fused-ring (bicyclic) bond motifs is 1. The van der Waals surface area contributed by atoms with Crippen molar-refractivity contribution >= 4 is 33.3 Å². The van der Waals surface area contributed by atoms with Gasteiger partial charge in [0.1, 0.15) is 0 Å². The second-order valence-corrected chi connectivity index (χ2v) is 7.64. The zero-order valence-electron chi connectivity index (χ0n) is 14.9. The van der Waals surface area contributed by atoms with Crippen LogP contribution in [0.5, 0.6) is 0 Å². The Hall–Kier alpha value is -2.22. The highest BCUT2D eigenvalue weighted by molar-refractivity contribution is 7.14. The van der Waals surface area contributed by atoms with Crippen LogP contribution in [0.3, 0.4) is 0 Å². The third-order valence-corrected chi connectivity index (χ3v) is 5.24. The van der Waals surface area contributed by atoms with Crippen LogP contribution in [-0.2, 0) is 9.53 Å². The van der Waals surface area contributed by atoms with Gasteiger partial charge in [-0.1, -0.05) is 18.2 Å². The second kappa shape index (κ2) is 7.19. The molecule has 0 aliphatic carbocycles. The van der Waals surface area contributed by atoms with Gasteiger partial charge in [-0.3, -0.25) is 9.69 Å². The molecule has 1 aliphatic heterocycles. The number of anilines is 1. The predicted octanol–water partition coefficient (Wildman–Crippen LogP) is 3.34. The first-order valence-electron chi connectivity index (χ1n) is 8.78. The van der Waals surface area contributed by atoms with E-state index in [4.69, 9.17) is 4.74 Å². The molecule has 1 aromatic carbocycles. The van der Waals surface area contributed by atoms with Crippen molar-refractivity contribution in [2.24, 2.45) is 0 Å². The number of thiazole rings is 1. The summed E-state index contributed by atoms with van der Waals surface area (Å²) in [5, 5.41) is 6.66. The van der Waals surface area contributed by atoms with Crippen LogP contribution < -0.4 is 5.32 Å². The Labute approximate surface area is 156 Å². The number of H-pyrrole nitrogens is 1.